The van der Waals surface area contributed by atoms with E-state index in [1.165, 1.54) is 16.4 Å². The summed E-state index contributed by atoms with van der Waals surface area (Å²) >= 11 is 0. The van der Waals surface area contributed by atoms with Gasteiger partial charge in [-0.3, -0.25) is 4.79 Å². The molecule has 0 aromatic heterocycles. The normalized spacial score (nSPS) is 20.7. The Morgan fingerprint density at radius 3 is 2.25 bits per heavy atom. The molecule has 1 aliphatic rings. The number of amides is 1. The van der Waals surface area contributed by atoms with Gasteiger partial charge in [0.1, 0.15) is 0 Å². The summed E-state index contributed by atoms with van der Waals surface area (Å²) < 4.78 is 32.9. The molecule has 2 aromatic carbocycles. The summed E-state index contributed by atoms with van der Waals surface area (Å²) in [5.41, 5.74) is 3.17. The van der Waals surface area contributed by atoms with Gasteiger partial charge in [-0.15, -0.1) is 0 Å². The Kier molecular flexibility index (Phi) is 5.88. The maximum atomic E-state index is 12.9. The lowest BCUT2D eigenvalue weighted by atomic mass is 10.1. The standard InChI is InChI=1S/C21H26N2O4S/c1-14-5-6-15(2)20(11-14)22-21(24)18-7-9-19(10-8-18)28(25,26)23-12-16(3)27-17(4)13-23/h5-11,16-17H,12-13H2,1-4H3,(H,22,24). The van der Waals surface area contributed by atoms with E-state index in [1.807, 2.05) is 45.9 Å². The van der Waals surface area contributed by atoms with E-state index in [4.69, 9.17) is 4.74 Å². The van der Waals surface area contributed by atoms with Crippen molar-refractivity contribution < 1.29 is 17.9 Å². The number of rotatable bonds is 4. The second-order valence-corrected chi connectivity index (χ2v) is 9.31. The lowest BCUT2D eigenvalue weighted by molar-refractivity contribution is -0.0440. The van der Waals surface area contributed by atoms with Crippen molar-refractivity contribution in [3.05, 3.63) is 59.2 Å². The van der Waals surface area contributed by atoms with E-state index in [-0.39, 0.29) is 23.0 Å². The maximum Gasteiger partial charge on any atom is 0.255 e. The summed E-state index contributed by atoms with van der Waals surface area (Å²) in [6.45, 7) is 8.25. The minimum atomic E-state index is -3.62. The predicted octanol–water partition coefficient (Wildman–Crippen LogP) is 3.35. The van der Waals surface area contributed by atoms with Crippen molar-refractivity contribution in [2.75, 3.05) is 18.4 Å². The van der Waals surface area contributed by atoms with Gasteiger partial charge in [0.15, 0.2) is 0 Å². The van der Waals surface area contributed by atoms with Crippen LogP contribution in [0.1, 0.15) is 35.3 Å². The molecule has 1 aliphatic heterocycles. The first-order valence-electron chi connectivity index (χ1n) is 9.31. The van der Waals surface area contributed by atoms with Crippen LogP contribution in [0.15, 0.2) is 47.4 Å². The molecule has 2 aromatic rings. The van der Waals surface area contributed by atoms with Gasteiger partial charge >= 0.3 is 0 Å². The number of nitrogens with one attached hydrogen (secondary N) is 1. The van der Waals surface area contributed by atoms with Gasteiger partial charge in [0.25, 0.3) is 5.91 Å². The van der Waals surface area contributed by atoms with E-state index >= 15 is 0 Å². The number of anilines is 1. The fourth-order valence-electron chi connectivity index (χ4n) is 3.32. The zero-order chi connectivity index (χ0) is 20.5. The third-order valence-corrected chi connectivity index (χ3v) is 6.63. The van der Waals surface area contributed by atoms with E-state index in [0.717, 1.165) is 16.8 Å². The number of aryl methyl sites for hydroxylation is 2. The van der Waals surface area contributed by atoms with E-state index in [9.17, 15) is 13.2 Å². The summed E-state index contributed by atoms with van der Waals surface area (Å²) in [4.78, 5) is 12.7. The number of ether oxygens (including phenoxy) is 1. The van der Waals surface area contributed by atoms with Crippen LogP contribution in [0.5, 0.6) is 0 Å². The largest absolute Gasteiger partial charge is 0.373 e. The van der Waals surface area contributed by atoms with Gasteiger partial charge in [-0.2, -0.15) is 4.31 Å². The van der Waals surface area contributed by atoms with Crippen LogP contribution in [-0.4, -0.2) is 43.9 Å². The first kappa shape index (κ1) is 20.5. The Hall–Kier alpha value is -2.22. The Bertz CT molecular complexity index is 960. The molecule has 0 radical (unpaired) electrons. The van der Waals surface area contributed by atoms with Gasteiger partial charge in [-0.05, 0) is 69.2 Å². The van der Waals surface area contributed by atoms with Crippen molar-refractivity contribution in [2.45, 2.75) is 44.8 Å². The van der Waals surface area contributed by atoms with E-state index in [0.29, 0.717) is 18.7 Å². The smallest absolute Gasteiger partial charge is 0.255 e. The van der Waals surface area contributed by atoms with Crippen LogP contribution < -0.4 is 5.32 Å². The minimum Gasteiger partial charge on any atom is -0.373 e. The summed E-state index contributed by atoms with van der Waals surface area (Å²) in [5, 5.41) is 2.89. The highest BCUT2D eigenvalue weighted by Gasteiger charge is 2.32. The number of hydrogen-bond acceptors (Lipinski definition) is 4. The topological polar surface area (TPSA) is 75.7 Å². The summed E-state index contributed by atoms with van der Waals surface area (Å²) in [5.74, 6) is -0.272. The number of nitrogens with zero attached hydrogens (tertiary/aromatic N) is 1. The lowest BCUT2D eigenvalue weighted by Gasteiger charge is -2.34. The molecule has 1 saturated heterocycles. The highest BCUT2D eigenvalue weighted by atomic mass is 32.2. The highest BCUT2D eigenvalue weighted by Crippen LogP contribution is 2.22. The minimum absolute atomic E-state index is 0.152. The first-order valence-corrected chi connectivity index (χ1v) is 10.7. The Balaban J connectivity index is 1.77. The van der Waals surface area contributed by atoms with Crippen molar-refractivity contribution in [3.63, 3.8) is 0 Å². The zero-order valence-corrected chi connectivity index (χ0v) is 17.4. The molecule has 1 heterocycles. The monoisotopic (exact) mass is 402 g/mol. The first-order chi connectivity index (χ1) is 13.2. The number of morpholine rings is 1. The number of hydrogen-bond donors (Lipinski definition) is 1. The quantitative estimate of drug-likeness (QED) is 0.851. The van der Waals surface area contributed by atoms with Gasteiger partial charge in [-0.25, -0.2) is 8.42 Å². The molecule has 0 bridgehead atoms. The number of benzene rings is 2. The molecule has 1 fully saturated rings. The summed E-state index contributed by atoms with van der Waals surface area (Å²) in [6, 6.07) is 11.9. The molecule has 0 saturated carbocycles. The third-order valence-electron chi connectivity index (χ3n) is 4.78. The average Bonchev–Trinajstić information content (AvgIpc) is 2.64. The Labute approximate surface area is 166 Å². The van der Waals surface area contributed by atoms with Crippen LogP contribution in [0.2, 0.25) is 0 Å². The van der Waals surface area contributed by atoms with Crippen LogP contribution in [0.25, 0.3) is 0 Å². The number of carbonyl (C=O) groups excluding carboxylic acids is 1. The molecule has 7 heteroatoms. The third kappa shape index (κ3) is 4.43. The van der Waals surface area contributed by atoms with Crippen LogP contribution in [0, 0.1) is 13.8 Å². The second kappa shape index (κ2) is 8.03. The average molecular weight is 403 g/mol. The molecule has 150 valence electrons. The van der Waals surface area contributed by atoms with E-state index in [1.54, 1.807) is 12.1 Å². The van der Waals surface area contributed by atoms with Crippen molar-refractivity contribution in [1.29, 1.82) is 0 Å². The zero-order valence-electron chi connectivity index (χ0n) is 16.6. The molecule has 2 unspecified atom stereocenters. The molecule has 1 amide bonds. The van der Waals surface area contributed by atoms with Crippen LogP contribution in [0.4, 0.5) is 5.69 Å². The van der Waals surface area contributed by atoms with Crippen LogP contribution in [0.3, 0.4) is 0 Å². The second-order valence-electron chi connectivity index (χ2n) is 7.38. The van der Waals surface area contributed by atoms with Gasteiger partial charge < -0.3 is 10.1 Å². The molecule has 0 spiro atoms. The Morgan fingerprint density at radius 1 is 1.04 bits per heavy atom. The molecule has 1 N–H and O–H groups in total. The Morgan fingerprint density at radius 2 is 1.64 bits per heavy atom. The molecule has 28 heavy (non-hydrogen) atoms. The molecule has 6 nitrogen and oxygen atoms in total. The molecule has 0 aliphatic carbocycles. The van der Waals surface area contributed by atoms with Crippen LogP contribution in [-0.2, 0) is 14.8 Å². The predicted molar refractivity (Wildman–Crippen MR) is 109 cm³/mol. The highest BCUT2D eigenvalue weighted by molar-refractivity contribution is 7.89. The van der Waals surface area contributed by atoms with E-state index in [2.05, 4.69) is 5.32 Å². The summed E-state index contributed by atoms with van der Waals surface area (Å²) in [7, 11) is -3.62. The van der Waals surface area contributed by atoms with E-state index < -0.39 is 10.0 Å². The van der Waals surface area contributed by atoms with Crippen molar-refractivity contribution >= 4 is 21.6 Å². The maximum absolute atomic E-state index is 12.9. The molecular formula is C21H26N2O4S. The van der Waals surface area contributed by atoms with Gasteiger partial charge in [0.05, 0.1) is 17.1 Å². The number of carbonyl (C=O) groups is 1. The van der Waals surface area contributed by atoms with Gasteiger partial charge in [0, 0.05) is 24.3 Å². The fraction of sp³-hybridized carbons (Fsp3) is 0.381. The van der Waals surface area contributed by atoms with Gasteiger partial charge in [0.2, 0.25) is 10.0 Å². The van der Waals surface area contributed by atoms with Gasteiger partial charge in [-0.1, -0.05) is 12.1 Å². The van der Waals surface area contributed by atoms with Crippen molar-refractivity contribution in [2.24, 2.45) is 0 Å². The molecular weight excluding hydrogens is 376 g/mol. The van der Waals surface area contributed by atoms with Crippen molar-refractivity contribution in [3.8, 4) is 0 Å². The van der Waals surface area contributed by atoms with Crippen molar-refractivity contribution in [1.82, 2.24) is 4.31 Å². The van der Waals surface area contributed by atoms with Crippen LogP contribution >= 0.6 is 0 Å². The molecule has 3 rings (SSSR count). The fourth-order valence-corrected chi connectivity index (χ4v) is 4.91. The molecule has 2 atom stereocenters. The summed E-state index contributed by atoms with van der Waals surface area (Å²) in [6.07, 6.45) is -0.303. The SMILES string of the molecule is Cc1ccc(C)c(NC(=O)c2ccc(S(=O)(=O)N3CC(C)OC(C)C3)cc2)c1. The lowest BCUT2D eigenvalue weighted by Crippen LogP contribution is -2.48. The number of sulfonamides is 1.